The summed E-state index contributed by atoms with van der Waals surface area (Å²) in [6, 6.07) is 13.8. The fourth-order valence-corrected chi connectivity index (χ4v) is 2.09. The Kier molecular flexibility index (Phi) is 4.11. The van der Waals surface area contributed by atoms with E-state index in [-0.39, 0.29) is 0 Å². The first kappa shape index (κ1) is 12.8. The van der Waals surface area contributed by atoms with Gasteiger partial charge in [-0.3, -0.25) is 0 Å². The molecule has 0 bridgehead atoms. The number of benzene rings is 2. The summed E-state index contributed by atoms with van der Waals surface area (Å²) in [5.74, 6) is 1.49. The van der Waals surface area contributed by atoms with Crippen LogP contribution in [0.3, 0.4) is 0 Å². The molecule has 0 N–H and O–H groups in total. The monoisotopic (exact) mass is 262 g/mol. The molecule has 94 valence electrons. The highest BCUT2D eigenvalue weighted by molar-refractivity contribution is 6.30. The summed E-state index contributed by atoms with van der Waals surface area (Å²) in [4.78, 5) is 0. The molecule has 0 fully saturated rings. The van der Waals surface area contributed by atoms with Gasteiger partial charge >= 0.3 is 0 Å². The van der Waals surface area contributed by atoms with Gasteiger partial charge in [0.15, 0.2) is 11.5 Å². The van der Waals surface area contributed by atoms with E-state index >= 15 is 0 Å². The largest absolute Gasteiger partial charge is 0.493 e. The highest BCUT2D eigenvalue weighted by Gasteiger charge is 2.05. The van der Waals surface area contributed by atoms with Gasteiger partial charge in [-0.25, -0.2) is 0 Å². The van der Waals surface area contributed by atoms with Crippen molar-refractivity contribution in [1.29, 1.82) is 0 Å². The molecule has 2 nitrogen and oxygen atoms in total. The van der Waals surface area contributed by atoms with E-state index in [9.17, 15) is 0 Å². The predicted octanol–water partition coefficient (Wildman–Crippen LogP) is 3.95. The van der Waals surface area contributed by atoms with E-state index in [4.69, 9.17) is 21.1 Å². The molecule has 0 spiro atoms. The number of hydrogen-bond acceptors (Lipinski definition) is 2. The maximum Gasteiger partial charge on any atom is 0.160 e. The van der Waals surface area contributed by atoms with Crippen molar-refractivity contribution in [1.82, 2.24) is 0 Å². The van der Waals surface area contributed by atoms with E-state index < -0.39 is 0 Å². The lowest BCUT2D eigenvalue weighted by Crippen LogP contribution is -1.93. The Morgan fingerprint density at radius 3 is 2.28 bits per heavy atom. The fourth-order valence-electron chi connectivity index (χ4n) is 1.87. The smallest absolute Gasteiger partial charge is 0.160 e. The molecule has 0 aliphatic rings. The zero-order valence-electron chi connectivity index (χ0n) is 10.4. The standard InChI is InChI=1S/C15H15ClO2/c1-17-14-7-6-12(10-15(14)18-2)8-11-4-3-5-13(16)9-11/h3-7,9-10H,8H2,1-2H3. The minimum atomic E-state index is 0.743. The van der Waals surface area contributed by atoms with Gasteiger partial charge in [-0.2, -0.15) is 0 Å². The second-order valence-corrected chi connectivity index (χ2v) is 4.43. The Balaban J connectivity index is 2.24. The number of rotatable bonds is 4. The van der Waals surface area contributed by atoms with Gasteiger partial charge in [-0.1, -0.05) is 29.8 Å². The molecule has 0 aliphatic heterocycles. The second kappa shape index (κ2) is 5.78. The van der Waals surface area contributed by atoms with E-state index in [1.165, 1.54) is 5.56 Å². The number of hydrogen-bond donors (Lipinski definition) is 0. The molecule has 2 rings (SSSR count). The lowest BCUT2D eigenvalue weighted by Gasteiger charge is -2.09. The SMILES string of the molecule is COc1ccc(Cc2cccc(Cl)c2)cc1OC. The van der Waals surface area contributed by atoms with Gasteiger partial charge in [-0.05, 0) is 41.8 Å². The molecule has 3 heteroatoms. The molecule has 0 amide bonds. The first-order valence-corrected chi connectivity index (χ1v) is 6.06. The molecular formula is C15H15ClO2. The molecule has 18 heavy (non-hydrogen) atoms. The summed E-state index contributed by atoms with van der Waals surface area (Å²) in [5.41, 5.74) is 2.34. The molecular weight excluding hydrogens is 248 g/mol. The molecule has 0 radical (unpaired) electrons. The van der Waals surface area contributed by atoms with Crippen molar-refractivity contribution in [2.24, 2.45) is 0 Å². The van der Waals surface area contributed by atoms with Crippen molar-refractivity contribution >= 4 is 11.6 Å². The van der Waals surface area contributed by atoms with Crippen LogP contribution in [0.4, 0.5) is 0 Å². The van der Waals surface area contributed by atoms with Gasteiger partial charge in [0.2, 0.25) is 0 Å². The normalized spacial score (nSPS) is 10.2. The molecule has 0 heterocycles. The highest BCUT2D eigenvalue weighted by atomic mass is 35.5. The molecule has 0 atom stereocenters. The fraction of sp³-hybridized carbons (Fsp3) is 0.200. The second-order valence-electron chi connectivity index (χ2n) is 4.00. The van der Waals surface area contributed by atoms with Crippen molar-refractivity contribution < 1.29 is 9.47 Å². The number of methoxy groups -OCH3 is 2. The van der Waals surface area contributed by atoms with E-state index in [0.717, 1.165) is 28.5 Å². The molecule has 0 aliphatic carbocycles. The zero-order chi connectivity index (χ0) is 13.0. The first-order valence-electron chi connectivity index (χ1n) is 5.68. The van der Waals surface area contributed by atoms with Crippen LogP contribution in [0.5, 0.6) is 11.5 Å². The van der Waals surface area contributed by atoms with Crippen molar-refractivity contribution in [3.63, 3.8) is 0 Å². The summed E-state index contributed by atoms with van der Waals surface area (Å²) in [6.45, 7) is 0. The van der Waals surface area contributed by atoms with E-state index in [1.807, 2.05) is 36.4 Å². The van der Waals surface area contributed by atoms with Gasteiger partial charge < -0.3 is 9.47 Å². The Morgan fingerprint density at radius 1 is 0.889 bits per heavy atom. The summed E-state index contributed by atoms with van der Waals surface area (Å²) in [7, 11) is 3.27. The summed E-state index contributed by atoms with van der Waals surface area (Å²) >= 11 is 5.97. The van der Waals surface area contributed by atoms with Crippen LogP contribution >= 0.6 is 11.6 Å². The van der Waals surface area contributed by atoms with E-state index in [1.54, 1.807) is 14.2 Å². The summed E-state index contributed by atoms with van der Waals surface area (Å²) in [5, 5.41) is 0.757. The van der Waals surface area contributed by atoms with Gasteiger partial charge in [0.1, 0.15) is 0 Å². The van der Waals surface area contributed by atoms with E-state index in [0.29, 0.717) is 0 Å². The van der Waals surface area contributed by atoms with Crippen molar-refractivity contribution in [3.8, 4) is 11.5 Å². The third-order valence-electron chi connectivity index (χ3n) is 2.75. The molecule has 0 saturated carbocycles. The van der Waals surface area contributed by atoms with Crippen LogP contribution in [-0.4, -0.2) is 14.2 Å². The zero-order valence-corrected chi connectivity index (χ0v) is 11.2. The van der Waals surface area contributed by atoms with Gasteiger partial charge in [0, 0.05) is 5.02 Å². The lowest BCUT2D eigenvalue weighted by molar-refractivity contribution is 0.354. The van der Waals surface area contributed by atoms with Gasteiger partial charge in [0.05, 0.1) is 14.2 Å². The Hall–Kier alpha value is -1.67. The highest BCUT2D eigenvalue weighted by Crippen LogP contribution is 2.28. The maximum absolute atomic E-state index is 5.97. The Morgan fingerprint density at radius 2 is 1.61 bits per heavy atom. The topological polar surface area (TPSA) is 18.5 Å². The summed E-state index contributed by atoms with van der Waals surface area (Å²) in [6.07, 6.45) is 0.820. The van der Waals surface area contributed by atoms with Crippen molar-refractivity contribution in [3.05, 3.63) is 58.6 Å². The van der Waals surface area contributed by atoms with Crippen LogP contribution in [0.2, 0.25) is 5.02 Å². The van der Waals surface area contributed by atoms with Crippen molar-refractivity contribution in [2.75, 3.05) is 14.2 Å². The lowest BCUT2D eigenvalue weighted by atomic mass is 10.0. The van der Waals surface area contributed by atoms with Crippen LogP contribution < -0.4 is 9.47 Å². The van der Waals surface area contributed by atoms with Crippen LogP contribution in [0.25, 0.3) is 0 Å². The first-order chi connectivity index (χ1) is 8.72. The van der Waals surface area contributed by atoms with Crippen LogP contribution in [0, 0.1) is 0 Å². The minimum absolute atomic E-state index is 0.743. The Labute approximate surface area is 112 Å². The third kappa shape index (κ3) is 2.96. The van der Waals surface area contributed by atoms with Crippen LogP contribution in [0.1, 0.15) is 11.1 Å². The minimum Gasteiger partial charge on any atom is -0.493 e. The van der Waals surface area contributed by atoms with E-state index in [2.05, 4.69) is 6.07 Å². The Bertz CT molecular complexity index is 538. The number of halogens is 1. The van der Waals surface area contributed by atoms with Crippen molar-refractivity contribution in [2.45, 2.75) is 6.42 Å². The molecule has 0 aromatic heterocycles. The van der Waals surface area contributed by atoms with Gasteiger partial charge in [0.25, 0.3) is 0 Å². The molecule has 2 aromatic rings. The molecule has 2 aromatic carbocycles. The average Bonchev–Trinajstić information content (AvgIpc) is 2.38. The summed E-state index contributed by atoms with van der Waals surface area (Å²) < 4.78 is 10.5. The molecule has 0 saturated heterocycles. The van der Waals surface area contributed by atoms with Gasteiger partial charge in [-0.15, -0.1) is 0 Å². The quantitative estimate of drug-likeness (QED) is 0.831. The average molecular weight is 263 g/mol. The predicted molar refractivity (Wildman–Crippen MR) is 73.8 cm³/mol. The maximum atomic E-state index is 5.97. The van der Waals surface area contributed by atoms with Crippen LogP contribution in [-0.2, 0) is 6.42 Å². The third-order valence-corrected chi connectivity index (χ3v) is 2.98. The van der Waals surface area contributed by atoms with Crippen LogP contribution in [0.15, 0.2) is 42.5 Å². The molecule has 0 unspecified atom stereocenters. The number of ether oxygens (including phenoxy) is 2.